The maximum absolute atomic E-state index is 12.0. The number of amides is 1. The Kier molecular flexibility index (Phi) is 4.68. The molecule has 6 nitrogen and oxygen atoms in total. The van der Waals surface area contributed by atoms with E-state index in [0.717, 1.165) is 32.5 Å². The average Bonchev–Trinajstić information content (AvgIpc) is 2.42. The smallest absolute Gasteiger partial charge is 0.271 e. The van der Waals surface area contributed by atoms with Gasteiger partial charge < -0.3 is 16.0 Å². The molecule has 1 aliphatic heterocycles. The van der Waals surface area contributed by atoms with E-state index in [4.69, 9.17) is 5.73 Å². The lowest BCUT2D eigenvalue weighted by molar-refractivity contribution is 0.0906. The number of piperidine rings is 1. The Hall–Kier alpha value is -1.69. The van der Waals surface area contributed by atoms with Crippen molar-refractivity contribution < 1.29 is 4.79 Å². The second kappa shape index (κ2) is 6.47. The van der Waals surface area contributed by atoms with Gasteiger partial charge in [0.2, 0.25) is 0 Å². The van der Waals surface area contributed by atoms with E-state index in [1.807, 2.05) is 0 Å². The van der Waals surface area contributed by atoms with Crippen LogP contribution in [0.4, 0.5) is 5.82 Å². The number of nitrogens with two attached hydrogens (primary N) is 1. The number of hydrogen-bond acceptors (Lipinski definition) is 5. The second-order valence-electron chi connectivity index (χ2n) is 4.92. The quantitative estimate of drug-likeness (QED) is 0.834. The van der Waals surface area contributed by atoms with Gasteiger partial charge in [0.15, 0.2) is 0 Å². The number of aromatic nitrogens is 2. The Bertz CT molecular complexity index is 412. The minimum Gasteiger partial charge on any atom is -0.382 e. The third-order valence-corrected chi connectivity index (χ3v) is 3.37. The van der Waals surface area contributed by atoms with Crippen molar-refractivity contribution in [1.82, 2.24) is 20.2 Å². The van der Waals surface area contributed by atoms with Gasteiger partial charge in [-0.2, -0.15) is 0 Å². The van der Waals surface area contributed by atoms with Gasteiger partial charge >= 0.3 is 0 Å². The topological polar surface area (TPSA) is 84.1 Å². The zero-order valence-corrected chi connectivity index (χ0v) is 11.3. The van der Waals surface area contributed by atoms with Crippen molar-refractivity contribution in [2.24, 2.45) is 0 Å². The SMILES string of the molecule is CCCN1CCC(NC(=O)c2cnc(N)cn2)CC1. The number of carbonyl (C=O) groups excluding carboxylic acids is 1. The zero-order valence-electron chi connectivity index (χ0n) is 11.3. The number of nitrogen functional groups attached to an aromatic ring is 1. The first-order valence-corrected chi connectivity index (χ1v) is 6.79. The van der Waals surface area contributed by atoms with Crippen LogP contribution in [0, 0.1) is 0 Å². The van der Waals surface area contributed by atoms with Gasteiger partial charge in [-0.3, -0.25) is 4.79 Å². The molecule has 0 aliphatic carbocycles. The van der Waals surface area contributed by atoms with Gasteiger partial charge in [-0.15, -0.1) is 0 Å². The lowest BCUT2D eigenvalue weighted by atomic mass is 10.0. The second-order valence-corrected chi connectivity index (χ2v) is 4.92. The summed E-state index contributed by atoms with van der Waals surface area (Å²) >= 11 is 0. The first-order valence-electron chi connectivity index (χ1n) is 6.79. The van der Waals surface area contributed by atoms with Crippen molar-refractivity contribution >= 4 is 11.7 Å². The van der Waals surface area contributed by atoms with Gasteiger partial charge in [-0.1, -0.05) is 6.92 Å². The maximum atomic E-state index is 12.0. The van der Waals surface area contributed by atoms with Crippen LogP contribution >= 0.6 is 0 Å². The summed E-state index contributed by atoms with van der Waals surface area (Å²) in [6.07, 6.45) is 5.98. The van der Waals surface area contributed by atoms with Crippen molar-refractivity contribution in [3.05, 3.63) is 18.1 Å². The van der Waals surface area contributed by atoms with Crippen LogP contribution in [0.5, 0.6) is 0 Å². The number of nitrogens with one attached hydrogen (secondary N) is 1. The molecule has 0 atom stereocenters. The van der Waals surface area contributed by atoms with E-state index in [2.05, 4.69) is 27.1 Å². The van der Waals surface area contributed by atoms with Gasteiger partial charge in [-0.25, -0.2) is 9.97 Å². The lowest BCUT2D eigenvalue weighted by Crippen LogP contribution is -2.45. The van der Waals surface area contributed by atoms with Crippen molar-refractivity contribution in [3.8, 4) is 0 Å². The summed E-state index contributed by atoms with van der Waals surface area (Å²) in [5.41, 5.74) is 5.77. The summed E-state index contributed by atoms with van der Waals surface area (Å²) in [5.74, 6) is 0.158. The van der Waals surface area contributed by atoms with E-state index >= 15 is 0 Å². The van der Waals surface area contributed by atoms with Crippen LogP contribution in [0.2, 0.25) is 0 Å². The Labute approximate surface area is 113 Å². The molecule has 104 valence electrons. The van der Waals surface area contributed by atoms with Crippen molar-refractivity contribution in [3.63, 3.8) is 0 Å². The molecular weight excluding hydrogens is 242 g/mol. The fourth-order valence-corrected chi connectivity index (χ4v) is 2.33. The van der Waals surface area contributed by atoms with E-state index in [9.17, 15) is 4.79 Å². The summed E-state index contributed by atoms with van der Waals surface area (Å²) in [6.45, 7) is 5.43. The first kappa shape index (κ1) is 13.7. The van der Waals surface area contributed by atoms with Crippen LogP contribution in [0.15, 0.2) is 12.4 Å². The van der Waals surface area contributed by atoms with Crippen LogP contribution in [-0.4, -0.2) is 46.5 Å². The fraction of sp³-hybridized carbons (Fsp3) is 0.615. The van der Waals surface area contributed by atoms with E-state index in [1.165, 1.54) is 18.8 Å². The normalized spacial score (nSPS) is 17.3. The molecule has 3 N–H and O–H groups in total. The molecule has 0 aromatic carbocycles. The highest BCUT2D eigenvalue weighted by Crippen LogP contribution is 2.11. The molecule has 0 radical (unpaired) electrons. The van der Waals surface area contributed by atoms with Gasteiger partial charge in [0, 0.05) is 19.1 Å². The number of likely N-dealkylation sites (tertiary alicyclic amines) is 1. The minimum absolute atomic E-state index is 0.165. The summed E-state index contributed by atoms with van der Waals surface area (Å²) in [5, 5.41) is 3.01. The maximum Gasteiger partial charge on any atom is 0.271 e. The van der Waals surface area contributed by atoms with Crippen LogP contribution in [0.1, 0.15) is 36.7 Å². The third-order valence-electron chi connectivity index (χ3n) is 3.37. The van der Waals surface area contributed by atoms with E-state index in [0.29, 0.717) is 11.5 Å². The van der Waals surface area contributed by atoms with Gasteiger partial charge in [0.05, 0.1) is 12.4 Å². The molecule has 2 heterocycles. The Morgan fingerprint density at radius 3 is 2.74 bits per heavy atom. The van der Waals surface area contributed by atoms with Gasteiger partial charge in [-0.05, 0) is 25.8 Å². The summed E-state index contributed by atoms with van der Waals surface area (Å²) < 4.78 is 0. The lowest BCUT2D eigenvalue weighted by Gasteiger charge is -2.31. The molecule has 0 saturated carbocycles. The number of hydrogen-bond donors (Lipinski definition) is 2. The standard InChI is InChI=1S/C13H21N5O/c1-2-5-18-6-3-10(4-7-18)17-13(19)11-8-16-12(14)9-15-11/h8-10H,2-7H2,1H3,(H2,14,16)(H,17,19). The molecule has 6 heteroatoms. The average molecular weight is 263 g/mol. The molecule has 1 saturated heterocycles. The molecule has 0 bridgehead atoms. The first-order chi connectivity index (χ1) is 9.19. The highest BCUT2D eigenvalue weighted by Gasteiger charge is 2.21. The van der Waals surface area contributed by atoms with Crippen LogP contribution < -0.4 is 11.1 Å². The molecule has 1 aliphatic rings. The molecule has 19 heavy (non-hydrogen) atoms. The Morgan fingerprint density at radius 2 is 2.16 bits per heavy atom. The van der Waals surface area contributed by atoms with E-state index in [1.54, 1.807) is 0 Å². The number of nitrogens with zero attached hydrogens (tertiary/aromatic N) is 3. The van der Waals surface area contributed by atoms with Crippen LogP contribution in [-0.2, 0) is 0 Å². The monoisotopic (exact) mass is 263 g/mol. The van der Waals surface area contributed by atoms with E-state index < -0.39 is 0 Å². The summed E-state index contributed by atoms with van der Waals surface area (Å²) in [6, 6.07) is 0.236. The summed E-state index contributed by atoms with van der Waals surface area (Å²) in [4.78, 5) is 22.3. The largest absolute Gasteiger partial charge is 0.382 e. The highest BCUT2D eigenvalue weighted by atomic mass is 16.1. The minimum atomic E-state index is -0.165. The number of anilines is 1. The van der Waals surface area contributed by atoms with Crippen LogP contribution in [0.25, 0.3) is 0 Å². The number of carbonyl (C=O) groups is 1. The molecule has 1 amide bonds. The highest BCUT2D eigenvalue weighted by molar-refractivity contribution is 5.92. The van der Waals surface area contributed by atoms with E-state index in [-0.39, 0.29) is 11.9 Å². The van der Waals surface area contributed by atoms with Crippen molar-refractivity contribution in [2.75, 3.05) is 25.4 Å². The fourth-order valence-electron chi connectivity index (χ4n) is 2.33. The Balaban J connectivity index is 1.82. The Morgan fingerprint density at radius 1 is 1.42 bits per heavy atom. The molecular formula is C13H21N5O. The molecule has 1 fully saturated rings. The van der Waals surface area contributed by atoms with Gasteiger partial charge in [0.1, 0.15) is 11.5 Å². The molecule has 1 aromatic rings. The molecule has 0 unspecified atom stereocenters. The van der Waals surface area contributed by atoms with Gasteiger partial charge in [0.25, 0.3) is 5.91 Å². The zero-order chi connectivity index (χ0) is 13.7. The molecule has 0 spiro atoms. The van der Waals surface area contributed by atoms with Crippen LogP contribution in [0.3, 0.4) is 0 Å². The summed E-state index contributed by atoms with van der Waals surface area (Å²) in [7, 11) is 0. The van der Waals surface area contributed by atoms with Crippen molar-refractivity contribution in [1.29, 1.82) is 0 Å². The number of rotatable bonds is 4. The predicted molar refractivity (Wildman–Crippen MR) is 73.7 cm³/mol. The van der Waals surface area contributed by atoms with Crippen molar-refractivity contribution in [2.45, 2.75) is 32.2 Å². The molecule has 2 rings (SSSR count). The predicted octanol–water partition coefficient (Wildman–Crippen LogP) is 0.663. The third kappa shape index (κ3) is 3.89. The molecule has 1 aromatic heterocycles.